The monoisotopic (exact) mass is 274 g/mol. The van der Waals surface area contributed by atoms with E-state index in [1.807, 2.05) is 18.2 Å². The molecule has 1 aliphatic rings. The van der Waals surface area contributed by atoms with E-state index in [1.165, 1.54) is 0 Å². The zero-order valence-corrected chi connectivity index (χ0v) is 12.8. The topological polar surface area (TPSA) is 41.1 Å². The molecule has 1 aromatic rings. The van der Waals surface area contributed by atoms with Crippen molar-refractivity contribution in [3.8, 4) is 0 Å². The molecule has 0 radical (unpaired) electrons. The summed E-state index contributed by atoms with van der Waals surface area (Å²) in [6, 6.07) is 8.05. The van der Waals surface area contributed by atoms with Crippen LogP contribution < -0.4 is 10.6 Å². The van der Waals surface area contributed by atoms with Crippen molar-refractivity contribution >= 4 is 11.6 Å². The van der Waals surface area contributed by atoms with E-state index in [0.717, 1.165) is 43.6 Å². The molecule has 0 heterocycles. The number of carbonyl (C=O) groups excluding carboxylic acids is 1. The van der Waals surface area contributed by atoms with Gasteiger partial charge in [-0.25, -0.2) is 0 Å². The number of anilines is 1. The molecule has 1 amide bonds. The molecule has 1 fully saturated rings. The smallest absolute Gasteiger partial charge is 0.228 e. The summed E-state index contributed by atoms with van der Waals surface area (Å²) in [7, 11) is 0. The summed E-state index contributed by atoms with van der Waals surface area (Å²) in [5, 5.41) is 6.45. The number of hydrogen-bond donors (Lipinski definition) is 2. The van der Waals surface area contributed by atoms with Gasteiger partial charge < -0.3 is 10.6 Å². The van der Waals surface area contributed by atoms with E-state index >= 15 is 0 Å². The Morgan fingerprint density at radius 1 is 1.35 bits per heavy atom. The van der Waals surface area contributed by atoms with Crippen molar-refractivity contribution in [2.24, 2.45) is 11.3 Å². The van der Waals surface area contributed by atoms with Gasteiger partial charge in [-0.15, -0.1) is 0 Å². The van der Waals surface area contributed by atoms with Gasteiger partial charge in [0.05, 0.1) is 0 Å². The minimum atomic E-state index is 0.126. The molecule has 2 N–H and O–H groups in total. The number of benzene rings is 1. The molecule has 3 heteroatoms. The van der Waals surface area contributed by atoms with Crippen LogP contribution in [-0.2, 0) is 11.3 Å². The van der Waals surface area contributed by atoms with Gasteiger partial charge in [0, 0.05) is 18.2 Å². The van der Waals surface area contributed by atoms with Crippen LogP contribution in [-0.4, -0.2) is 12.5 Å². The van der Waals surface area contributed by atoms with Gasteiger partial charge in [0.1, 0.15) is 0 Å². The Balaban J connectivity index is 2.08. The number of amides is 1. The fourth-order valence-electron chi connectivity index (χ4n) is 3.09. The summed E-state index contributed by atoms with van der Waals surface area (Å²) in [5.41, 5.74) is 2.22. The number of nitrogens with one attached hydrogen (secondary N) is 2. The molecule has 2 rings (SSSR count). The second-order valence-corrected chi connectivity index (χ2v) is 6.36. The Morgan fingerprint density at radius 2 is 2.10 bits per heavy atom. The third-order valence-corrected chi connectivity index (χ3v) is 4.41. The second-order valence-electron chi connectivity index (χ2n) is 6.36. The molecular formula is C17H26N2O. The molecule has 0 bridgehead atoms. The van der Waals surface area contributed by atoms with Gasteiger partial charge in [0.25, 0.3) is 0 Å². The zero-order valence-electron chi connectivity index (χ0n) is 12.8. The van der Waals surface area contributed by atoms with Crippen LogP contribution in [0.4, 0.5) is 5.69 Å². The van der Waals surface area contributed by atoms with Crippen molar-refractivity contribution in [3.63, 3.8) is 0 Å². The van der Waals surface area contributed by atoms with E-state index in [9.17, 15) is 4.79 Å². The first kappa shape index (κ1) is 15.0. The van der Waals surface area contributed by atoms with Crippen molar-refractivity contribution < 1.29 is 4.79 Å². The standard InChI is InChI=1S/C17H26N2O/c1-4-18-12-13-8-5-6-10-15(13)19-16(20)14-9-7-11-17(14,2)3/h5-6,8,10,14,18H,4,7,9,11-12H2,1-3H3,(H,19,20). The van der Waals surface area contributed by atoms with Gasteiger partial charge >= 0.3 is 0 Å². The Labute approximate surface area is 122 Å². The molecule has 0 spiro atoms. The summed E-state index contributed by atoms with van der Waals surface area (Å²) in [6.45, 7) is 8.21. The second kappa shape index (κ2) is 6.40. The van der Waals surface area contributed by atoms with Crippen LogP contribution in [0, 0.1) is 11.3 Å². The van der Waals surface area contributed by atoms with E-state index in [1.54, 1.807) is 0 Å². The molecule has 0 saturated heterocycles. The molecule has 3 nitrogen and oxygen atoms in total. The van der Waals surface area contributed by atoms with E-state index in [0.29, 0.717) is 0 Å². The maximum absolute atomic E-state index is 12.5. The lowest BCUT2D eigenvalue weighted by molar-refractivity contribution is -0.122. The van der Waals surface area contributed by atoms with Gasteiger partial charge in [0.15, 0.2) is 0 Å². The minimum Gasteiger partial charge on any atom is -0.326 e. The van der Waals surface area contributed by atoms with E-state index in [4.69, 9.17) is 0 Å². The molecule has 1 aliphatic carbocycles. The van der Waals surface area contributed by atoms with Gasteiger partial charge in [-0.3, -0.25) is 4.79 Å². The Bertz CT molecular complexity index is 468. The van der Waals surface area contributed by atoms with E-state index in [2.05, 4.69) is 37.5 Å². The van der Waals surface area contributed by atoms with Crippen molar-refractivity contribution in [2.45, 2.75) is 46.6 Å². The molecule has 0 aromatic heterocycles. The molecular weight excluding hydrogens is 248 g/mol. The molecule has 1 unspecified atom stereocenters. The molecule has 0 aliphatic heterocycles. The first-order valence-corrected chi connectivity index (χ1v) is 7.64. The Hall–Kier alpha value is -1.35. The van der Waals surface area contributed by atoms with Crippen LogP contribution in [0.3, 0.4) is 0 Å². The van der Waals surface area contributed by atoms with Crippen molar-refractivity contribution in [1.29, 1.82) is 0 Å². The van der Waals surface area contributed by atoms with Crippen LogP contribution >= 0.6 is 0 Å². The first-order valence-electron chi connectivity index (χ1n) is 7.64. The molecule has 1 aromatic carbocycles. The normalized spacial score (nSPS) is 20.9. The highest BCUT2D eigenvalue weighted by Gasteiger charge is 2.39. The molecule has 1 atom stereocenters. The van der Waals surface area contributed by atoms with Crippen LogP contribution in [0.5, 0.6) is 0 Å². The number of rotatable bonds is 5. The third kappa shape index (κ3) is 3.40. The zero-order chi connectivity index (χ0) is 14.6. The predicted octanol–water partition coefficient (Wildman–Crippen LogP) is 3.56. The van der Waals surface area contributed by atoms with Gasteiger partial charge in [0.2, 0.25) is 5.91 Å². The van der Waals surface area contributed by atoms with Crippen LogP contribution in [0.15, 0.2) is 24.3 Å². The Kier molecular flexibility index (Phi) is 4.81. The summed E-state index contributed by atoms with van der Waals surface area (Å²) in [6.07, 6.45) is 3.31. The fraction of sp³-hybridized carbons (Fsp3) is 0.588. The minimum absolute atomic E-state index is 0.126. The SMILES string of the molecule is CCNCc1ccccc1NC(=O)C1CCCC1(C)C. The van der Waals surface area contributed by atoms with Gasteiger partial charge in [-0.1, -0.05) is 45.4 Å². The number of carbonyl (C=O) groups is 1. The van der Waals surface area contributed by atoms with E-state index in [-0.39, 0.29) is 17.2 Å². The lowest BCUT2D eigenvalue weighted by atomic mass is 9.81. The molecule has 20 heavy (non-hydrogen) atoms. The summed E-state index contributed by atoms with van der Waals surface area (Å²) < 4.78 is 0. The summed E-state index contributed by atoms with van der Waals surface area (Å²) in [5.74, 6) is 0.311. The van der Waals surface area contributed by atoms with Crippen molar-refractivity contribution in [1.82, 2.24) is 5.32 Å². The number of hydrogen-bond acceptors (Lipinski definition) is 2. The van der Waals surface area contributed by atoms with Gasteiger partial charge in [-0.05, 0) is 36.4 Å². The predicted molar refractivity (Wildman–Crippen MR) is 83.6 cm³/mol. The lowest BCUT2D eigenvalue weighted by Gasteiger charge is -2.26. The van der Waals surface area contributed by atoms with Crippen LogP contribution in [0.2, 0.25) is 0 Å². The van der Waals surface area contributed by atoms with Gasteiger partial charge in [-0.2, -0.15) is 0 Å². The fourth-order valence-corrected chi connectivity index (χ4v) is 3.09. The first-order chi connectivity index (χ1) is 9.54. The average molecular weight is 274 g/mol. The maximum Gasteiger partial charge on any atom is 0.228 e. The van der Waals surface area contributed by atoms with Crippen LogP contribution in [0.1, 0.15) is 45.6 Å². The maximum atomic E-state index is 12.5. The third-order valence-electron chi connectivity index (χ3n) is 4.41. The summed E-state index contributed by atoms with van der Waals surface area (Å²) in [4.78, 5) is 12.5. The molecule has 1 saturated carbocycles. The van der Waals surface area contributed by atoms with Crippen molar-refractivity contribution in [2.75, 3.05) is 11.9 Å². The lowest BCUT2D eigenvalue weighted by Crippen LogP contribution is -2.31. The summed E-state index contributed by atoms with van der Waals surface area (Å²) >= 11 is 0. The highest BCUT2D eigenvalue weighted by molar-refractivity contribution is 5.93. The number of para-hydroxylation sites is 1. The largest absolute Gasteiger partial charge is 0.326 e. The molecule has 110 valence electrons. The highest BCUT2D eigenvalue weighted by atomic mass is 16.1. The van der Waals surface area contributed by atoms with Crippen molar-refractivity contribution in [3.05, 3.63) is 29.8 Å². The average Bonchev–Trinajstić information content (AvgIpc) is 2.77. The quantitative estimate of drug-likeness (QED) is 0.862. The Morgan fingerprint density at radius 3 is 2.75 bits per heavy atom. The van der Waals surface area contributed by atoms with E-state index < -0.39 is 0 Å². The highest BCUT2D eigenvalue weighted by Crippen LogP contribution is 2.43. The van der Waals surface area contributed by atoms with Crippen LogP contribution in [0.25, 0.3) is 0 Å².